The highest BCUT2D eigenvalue weighted by atomic mass is 35.5. The van der Waals surface area contributed by atoms with E-state index in [1.54, 1.807) is 24.3 Å². The summed E-state index contributed by atoms with van der Waals surface area (Å²) < 4.78 is 0. The van der Waals surface area contributed by atoms with E-state index in [1.165, 1.54) is 6.07 Å². The molecule has 1 aliphatic heterocycles. The van der Waals surface area contributed by atoms with Crippen molar-refractivity contribution >= 4 is 40.7 Å². The predicted octanol–water partition coefficient (Wildman–Crippen LogP) is 4.20. The van der Waals surface area contributed by atoms with Crippen LogP contribution >= 0.6 is 23.2 Å². The summed E-state index contributed by atoms with van der Waals surface area (Å²) in [5, 5.41) is 3.24. The van der Waals surface area contributed by atoms with Crippen LogP contribution in [0.1, 0.15) is 40.1 Å². The zero-order valence-electron chi connectivity index (χ0n) is 12.9. The average Bonchev–Trinajstić information content (AvgIpc) is 2.95. The molecule has 2 aromatic rings. The average molecular weight is 366 g/mol. The number of piperidine rings is 1. The molecule has 1 aromatic heterocycles. The first kappa shape index (κ1) is 16.9. The number of benzene rings is 1. The highest BCUT2D eigenvalue weighted by Gasteiger charge is 2.22. The molecule has 7 heteroatoms. The minimum Gasteiger partial charge on any atom is -0.340 e. The number of halogens is 2. The quantitative estimate of drug-likeness (QED) is 0.855. The Morgan fingerprint density at radius 3 is 2.46 bits per heavy atom. The van der Waals surface area contributed by atoms with Crippen LogP contribution in [0.25, 0.3) is 0 Å². The Kier molecular flexibility index (Phi) is 5.11. The zero-order chi connectivity index (χ0) is 17.1. The van der Waals surface area contributed by atoms with Crippen LogP contribution in [-0.2, 0) is 0 Å². The van der Waals surface area contributed by atoms with Crippen molar-refractivity contribution < 1.29 is 9.59 Å². The smallest absolute Gasteiger partial charge is 0.272 e. The van der Waals surface area contributed by atoms with E-state index >= 15 is 0 Å². The number of anilines is 1. The molecule has 0 radical (unpaired) electrons. The van der Waals surface area contributed by atoms with Crippen molar-refractivity contribution in [3.63, 3.8) is 0 Å². The van der Waals surface area contributed by atoms with Crippen molar-refractivity contribution in [2.24, 2.45) is 0 Å². The number of hydrogen-bond acceptors (Lipinski definition) is 2. The van der Waals surface area contributed by atoms with E-state index in [0.29, 0.717) is 11.3 Å². The van der Waals surface area contributed by atoms with Gasteiger partial charge in [-0.3, -0.25) is 9.59 Å². The lowest BCUT2D eigenvalue weighted by Crippen LogP contribution is -2.36. The number of aromatic nitrogens is 1. The number of hydrogen-bond donors (Lipinski definition) is 2. The van der Waals surface area contributed by atoms with E-state index in [4.69, 9.17) is 23.2 Å². The maximum atomic E-state index is 12.7. The summed E-state index contributed by atoms with van der Waals surface area (Å²) in [5.41, 5.74) is 1.20. The zero-order valence-corrected chi connectivity index (χ0v) is 14.5. The third-order valence-corrected chi connectivity index (χ3v) is 4.71. The molecule has 0 atom stereocenters. The number of nitrogens with zero attached hydrogens (tertiary/aromatic N) is 1. The van der Waals surface area contributed by atoms with E-state index in [0.717, 1.165) is 32.4 Å². The van der Waals surface area contributed by atoms with Crippen LogP contribution in [-0.4, -0.2) is 34.8 Å². The summed E-state index contributed by atoms with van der Waals surface area (Å²) in [5.74, 6) is -0.462. The van der Waals surface area contributed by atoms with Crippen molar-refractivity contribution in [1.29, 1.82) is 0 Å². The van der Waals surface area contributed by atoms with Gasteiger partial charge in [-0.2, -0.15) is 0 Å². The summed E-state index contributed by atoms with van der Waals surface area (Å²) >= 11 is 11.7. The van der Waals surface area contributed by atoms with Gasteiger partial charge in [-0.25, -0.2) is 0 Å². The van der Waals surface area contributed by atoms with E-state index in [-0.39, 0.29) is 21.8 Å². The summed E-state index contributed by atoms with van der Waals surface area (Å²) in [7, 11) is 0. The normalized spacial score (nSPS) is 14.5. The molecule has 5 nitrogen and oxygen atoms in total. The molecule has 1 aromatic carbocycles. The fraction of sp³-hybridized carbons (Fsp3) is 0.294. The van der Waals surface area contributed by atoms with Crippen LogP contribution in [0.2, 0.25) is 10.2 Å². The standard InChI is InChI=1S/C17H17Cl2N3O2/c18-12-10-14(20-15(12)19)16(23)21-13-7-3-2-6-11(13)17(24)22-8-4-1-5-9-22/h2-3,6-7,10,20H,1,4-5,8-9H2,(H,21,23). The Balaban J connectivity index is 1.81. The SMILES string of the molecule is O=C(Nc1ccccc1C(=O)N1CCCCC1)c1cc(Cl)c(Cl)[nH]1. The fourth-order valence-electron chi connectivity index (χ4n) is 2.76. The van der Waals surface area contributed by atoms with Gasteiger partial charge < -0.3 is 15.2 Å². The van der Waals surface area contributed by atoms with Gasteiger partial charge in [0.15, 0.2) is 0 Å². The summed E-state index contributed by atoms with van der Waals surface area (Å²) in [6.45, 7) is 1.51. The highest BCUT2D eigenvalue weighted by Crippen LogP contribution is 2.24. The Morgan fingerprint density at radius 2 is 1.79 bits per heavy atom. The molecule has 2 heterocycles. The summed E-state index contributed by atoms with van der Waals surface area (Å²) in [4.78, 5) is 29.6. The third-order valence-electron chi connectivity index (χ3n) is 4.02. The second kappa shape index (κ2) is 7.28. The first-order chi connectivity index (χ1) is 11.6. The molecule has 2 N–H and O–H groups in total. The number of nitrogens with one attached hydrogen (secondary N) is 2. The van der Waals surface area contributed by atoms with Gasteiger partial charge in [0.1, 0.15) is 10.8 Å². The number of para-hydroxylation sites is 1. The molecule has 0 bridgehead atoms. The van der Waals surface area contributed by atoms with Gasteiger partial charge in [-0.1, -0.05) is 35.3 Å². The van der Waals surface area contributed by atoms with E-state index < -0.39 is 5.91 Å². The molecule has 0 aliphatic carbocycles. The Hall–Kier alpha value is -1.98. The maximum absolute atomic E-state index is 12.7. The lowest BCUT2D eigenvalue weighted by atomic mass is 10.1. The number of likely N-dealkylation sites (tertiary alicyclic amines) is 1. The molecule has 1 fully saturated rings. The van der Waals surface area contributed by atoms with Gasteiger partial charge in [-0.15, -0.1) is 0 Å². The minimum absolute atomic E-state index is 0.0619. The highest BCUT2D eigenvalue weighted by molar-refractivity contribution is 6.41. The molecule has 0 spiro atoms. The topological polar surface area (TPSA) is 65.2 Å². The minimum atomic E-state index is -0.400. The number of carbonyl (C=O) groups is 2. The van der Waals surface area contributed by atoms with Gasteiger partial charge in [0.25, 0.3) is 11.8 Å². The number of H-pyrrole nitrogens is 1. The molecule has 1 aliphatic rings. The molecular weight excluding hydrogens is 349 g/mol. The molecule has 3 rings (SSSR count). The number of amides is 2. The summed E-state index contributed by atoms with van der Waals surface area (Å²) in [6, 6.07) is 8.45. The first-order valence-corrected chi connectivity index (χ1v) is 8.55. The van der Waals surface area contributed by atoms with Crippen LogP contribution in [0, 0.1) is 0 Å². The van der Waals surface area contributed by atoms with Gasteiger partial charge in [-0.05, 0) is 37.5 Å². The monoisotopic (exact) mass is 365 g/mol. The predicted molar refractivity (Wildman–Crippen MR) is 95.0 cm³/mol. The molecular formula is C17H17Cl2N3O2. The lowest BCUT2D eigenvalue weighted by molar-refractivity contribution is 0.0725. The van der Waals surface area contributed by atoms with Crippen molar-refractivity contribution in [2.45, 2.75) is 19.3 Å². The lowest BCUT2D eigenvalue weighted by Gasteiger charge is -2.27. The van der Waals surface area contributed by atoms with Crippen LogP contribution in [0.5, 0.6) is 0 Å². The van der Waals surface area contributed by atoms with Crippen LogP contribution in [0.4, 0.5) is 5.69 Å². The Labute approximate surface area is 149 Å². The molecule has 0 saturated carbocycles. The molecule has 1 saturated heterocycles. The number of rotatable bonds is 3. The fourth-order valence-corrected chi connectivity index (χ4v) is 3.07. The third kappa shape index (κ3) is 3.57. The largest absolute Gasteiger partial charge is 0.340 e. The second-order valence-electron chi connectivity index (χ2n) is 5.70. The first-order valence-electron chi connectivity index (χ1n) is 7.80. The molecule has 24 heavy (non-hydrogen) atoms. The van der Waals surface area contributed by atoms with Gasteiger partial charge >= 0.3 is 0 Å². The Morgan fingerprint density at radius 1 is 1.08 bits per heavy atom. The van der Waals surface area contributed by atoms with Crippen molar-refractivity contribution in [3.05, 3.63) is 51.8 Å². The molecule has 2 amide bonds. The molecule has 126 valence electrons. The summed E-state index contributed by atoms with van der Waals surface area (Å²) in [6.07, 6.45) is 3.18. The van der Waals surface area contributed by atoms with Gasteiger partial charge in [0.05, 0.1) is 16.3 Å². The number of aromatic amines is 1. The van der Waals surface area contributed by atoms with Crippen LogP contribution < -0.4 is 5.32 Å². The Bertz CT molecular complexity index is 747. The van der Waals surface area contributed by atoms with Gasteiger partial charge in [0.2, 0.25) is 0 Å². The van der Waals surface area contributed by atoms with E-state index in [9.17, 15) is 9.59 Å². The van der Waals surface area contributed by atoms with Crippen molar-refractivity contribution in [2.75, 3.05) is 18.4 Å². The van der Waals surface area contributed by atoms with E-state index in [1.807, 2.05) is 4.90 Å². The maximum Gasteiger partial charge on any atom is 0.272 e. The second-order valence-corrected chi connectivity index (χ2v) is 6.48. The van der Waals surface area contributed by atoms with E-state index in [2.05, 4.69) is 10.3 Å². The molecule has 0 unspecified atom stereocenters. The van der Waals surface area contributed by atoms with Crippen LogP contribution in [0.15, 0.2) is 30.3 Å². The van der Waals surface area contributed by atoms with Crippen LogP contribution in [0.3, 0.4) is 0 Å². The van der Waals surface area contributed by atoms with Crippen molar-refractivity contribution in [1.82, 2.24) is 9.88 Å². The number of carbonyl (C=O) groups excluding carboxylic acids is 2. The van der Waals surface area contributed by atoms with Crippen molar-refractivity contribution in [3.8, 4) is 0 Å². The van der Waals surface area contributed by atoms with Gasteiger partial charge in [0, 0.05) is 13.1 Å².